The molecule has 1 aromatic heterocycles. The Balaban J connectivity index is 1.52. The molecule has 2 aromatic carbocycles. The zero-order chi connectivity index (χ0) is 26.6. The Kier molecular flexibility index (Phi) is 8.06. The minimum absolute atomic E-state index is 0.133. The molecule has 1 aliphatic rings. The average molecular weight is 503 g/mol. The van der Waals surface area contributed by atoms with Gasteiger partial charge in [-0.1, -0.05) is 71.0 Å². The lowest BCUT2D eigenvalue weighted by Gasteiger charge is -2.41. The van der Waals surface area contributed by atoms with Crippen molar-refractivity contribution in [2.75, 3.05) is 13.1 Å². The van der Waals surface area contributed by atoms with E-state index < -0.39 is 5.41 Å². The molecule has 4 rings (SSSR count). The highest BCUT2D eigenvalue weighted by molar-refractivity contribution is 5.91. The van der Waals surface area contributed by atoms with E-state index in [9.17, 15) is 9.59 Å². The largest absolute Gasteiger partial charge is 0.486 e. The van der Waals surface area contributed by atoms with Gasteiger partial charge in [0.25, 0.3) is 5.91 Å². The van der Waals surface area contributed by atoms with Gasteiger partial charge in [-0.05, 0) is 59.7 Å². The highest BCUT2D eigenvalue weighted by Crippen LogP contribution is 2.39. The van der Waals surface area contributed by atoms with E-state index in [1.54, 1.807) is 12.1 Å². The molecule has 0 saturated carbocycles. The highest BCUT2D eigenvalue weighted by Gasteiger charge is 2.37. The van der Waals surface area contributed by atoms with Crippen molar-refractivity contribution in [1.82, 2.24) is 10.2 Å². The molecule has 196 valence electrons. The van der Waals surface area contributed by atoms with Crippen LogP contribution < -0.4 is 10.1 Å². The third-order valence-corrected chi connectivity index (χ3v) is 6.64. The van der Waals surface area contributed by atoms with Crippen LogP contribution in [0, 0.1) is 11.3 Å². The number of carbonyl (C=O) groups excluding carboxylic acids is 2. The van der Waals surface area contributed by atoms with E-state index in [-0.39, 0.29) is 30.2 Å². The molecule has 1 aliphatic heterocycles. The van der Waals surface area contributed by atoms with Gasteiger partial charge in [0.15, 0.2) is 5.76 Å². The van der Waals surface area contributed by atoms with Crippen LogP contribution in [0.3, 0.4) is 0 Å². The summed E-state index contributed by atoms with van der Waals surface area (Å²) in [5.41, 5.74) is 2.91. The van der Waals surface area contributed by atoms with Gasteiger partial charge in [-0.15, -0.1) is 0 Å². The van der Waals surface area contributed by atoms with Gasteiger partial charge in [0.2, 0.25) is 5.91 Å². The number of nitrogens with zero attached hydrogens (tertiary/aromatic N) is 1. The fraction of sp³-hybridized carbons (Fsp3) is 0.419. The summed E-state index contributed by atoms with van der Waals surface area (Å²) in [5, 5.41) is 2.89. The summed E-state index contributed by atoms with van der Waals surface area (Å²) < 4.78 is 11.8. The second kappa shape index (κ2) is 11.2. The number of amides is 2. The summed E-state index contributed by atoms with van der Waals surface area (Å²) in [6.07, 6.45) is 1.72. The van der Waals surface area contributed by atoms with Crippen LogP contribution in [0.25, 0.3) is 0 Å². The van der Waals surface area contributed by atoms with E-state index in [4.69, 9.17) is 9.15 Å². The fourth-order valence-corrected chi connectivity index (χ4v) is 4.62. The normalized spacial score (nSPS) is 15.4. The Bertz CT molecular complexity index is 1220. The molecule has 2 amide bonds. The Labute approximate surface area is 220 Å². The first-order chi connectivity index (χ1) is 17.6. The Morgan fingerprint density at radius 2 is 1.84 bits per heavy atom. The van der Waals surface area contributed by atoms with Crippen LogP contribution in [-0.2, 0) is 17.8 Å². The molecule has 1 unspecified atom stereocenters. The molecule has 3 aromatic rings. The van der Waals surface area contributed by atoms with Crippen molar-refractivity contribution in [2.45, 2.75) is 60.1 Å². The van der Waals surface area contributed by atoms with E-state index in [1.165, 1.54) is 5.56 Å². The maximum absolute atomic E-state index is 13.4. The lowest BCUT2D eigenvalue weighted by Crippen LogP contribution is -2.45. The summed E-state index contributed by atoms with van der Waals surface area (Å²) in [4.78, 5) is 27.7. The molecule has 6 heteroatoms. The van der Waals surface area contributed by atoms with Crippen molar-refractivity contribution in [2.24, 2.45) is 11.3 Å². The SMILES string of the molecule is CC(C)CCNC(=O)c1ccc(COc2ccc3c(c2)C(c2ccccc2)N(C(=O)C(C)(C)C)CC3)o1. The highest BCUT2D eigenvalue weighted by atomic mass is 16.5. The van der Waals surface area contributed by atoms with E-state index in [2.05, 4.69) is 37.4 Å². The van der Waals surface area contributed by atoms with Crippen LogP contribution >= 0.6 is 0 Å². The summed E-state index contributed by atoms with van der Waals surface area (Å²) in [7, 11) is 0. The molecule has 2 heterocycles. The number of nitrogens with one attached hydrogen (secondary N) is 1. The summed E-state index contributed by atoms with van der Waals surface area (Å²) in [6, 6.07) is 19.5. The lowest BCUT2D eigenvalue weighted by atomic mass is 9.85. The molecule has 1 atom stereocenters. The molecule has 0 aliphatic carbocycles. The van der Waals surface area contributed by atoms with Crippen molar-refractivity contribution in [3.05, 3.63) is 88.9 Å². The van der Waals surface area contributed by atoms with Crippen LogP contribution in [0.1, 0.15) is 80.1 Å². The molecular formula is C31H38N2O4. The smallest absolute Gasteiger partial charge is 0.286 e. The lowest BCUT2D eigenvalue weighted by molar-refractivity contribution is -0.141. The number of furan rings is 1. The molecule has 6 nitrogen and oxygen atoms in total. The predicted octanol–water partition coefficient (Wildman–Crippen LogP) is 6.15. The molecule has 0 spiro atoms. The van der Waals surface area contributed by atoms with Gasteiger partial charge in [0.05, 0.1) is 6.04 Å². The molecule has 0 bridgehead atoms. The second-order valence-corrected chi connectivity index (χ2v) is 11.2. The minimum atomic E-state index is -0.475. The fourth-order valence-electron chi connectivity index (χ4n) is 4.62. The van der Waals surface area contributed by atoms with Gasteiger partial charge < -0.3 is 19.4 Å². The van der Waals surface area contributed by atoms with Crippen molar-refractivity contribution in [1.29, 1.82) is 0 Å². The second-order valence-electron chi connectivity index (χ2n) is 11.2. The van der Waals surface area contributed by atoms with E-state index in [1.807, 2.05) is 56.0 Å². The average Bonchev–Trinajstić information content (AvgIpc) is 3.35. The monoisotopic (exact) mass is 502 g/mol. The van der Waals surface area contributed by atoms with Crippen LogP contribution in [-0.4, -0.2) is 29.8 Å². The Hall–Kier alpha value is -3.54. The topological polar surface area (TPSA) is 71.8 Å². The molecule has 1 N–H and O–H groups in total. The number of ether oxygens (including phenoxy) is 1. The van der Waals surface area contributed by atoms with Gasteiger partial charge in [-0.25, -0.2) is 0 Å². The van der Waals surface area contributed by atoms with Crippen LogP contribution in [0.15, 0.2) is 65.1 Å². The predicted molar refractivity (Wildman–Crippen MR) is 144 cm³/mol. The van der Waals surface area contributed by atoms with Gasteiger partial charge in [-0.3, -0.25) is 9.59 Å². The Morgan fingerprint density at radius 3 is 2.54 bits per heavy atom. The molecule has 0 saturated heterocycles. The zero-order valence-corrected chi connectivity index (χ0v) is 22.5. The number of benzene rings is 2. The number of carbonyl (C=O) groups is 2. The standard InChI is InChI=1S/C31H38N2O4/c1-21(2)15-17-32-29(34)27-14-13-25(37-27)20-36-24-12-11-22-16-18-33(30(35)31(3,4)5)28(26(22)19-24)23-9-7-6-8-10-23/h6-14,19,21,28H,15-18,20H2,1-5H3,(H,32,34). The summed E-state index contributed by atoms with van der Waals surface area (Å²) in [6.45, 7) is 11.7. The zero-order valence-electron chi connectivity index (χ0n) is 22.5. The number of rotatable bonds is 8. The molecule has 0 fully saturated rings. The van der Waals surface area contributed by atoms with Gasteiger partial charge in [-0.2, -0.15) is 0 Å². The van der Waals surface area contributed by atoms with Gasteiger partial charge in [0.1, 0.15) is 18.1 Å². The quantitative estimate of drug-likeness (QED) is 0.401. The van der Waals surface area contributed by atoms with Crippen LogP contribution in [0.5, 0.6) is 5.75 Å². The van der Waals surface area contributed by atoms with Crippen molar-refractivity contribution >= 4 is 11.8 Å². The molecule has 37 heavy (non-hydrogen) atoms. The van der Waals surface area contributed by atoms with Crippen molar-refractivity contribution in [3.63, 3.8) is 0 Å². The Morgan fingerprint density at radius 1 is 1.08 bits per heavy atom. The van der Waals surface area contributed by atoms with Gasteiger partial charge in [0, 0.05) is 18.5 Å². The summed E-state index contributed by atoms with van der Waals surface area (Å²) >= 11 is 0. The van der Waals surface area contributed by atoms with Crippen molar-refractivity contribution in [3.8, 4) is 5.75 Å². The van der Waals surface area contributed by atoms with E-state index in [0.29, 0.717) is 30.5 Å². The number of hydrogen-bond donors (Lipinski definition) is 1. The molecular weight excluding hydrogens is 464 g/mol. The van der Waals surface area contributed by atoms with E-state index in [0.717, 1.165) is 24.0 Å². The molecule has 0 radical (unpaired) electrons. The first-order valence-electron chi connectivity index (χ1n) is 13.1. The third kappa shape index (κ3) is 6.43. The maximum atomic E-state index is 13.4. The maximum Gasteiger partial charge on any atom is 0.286 e. The summed E-state index contributed by atoms with van der Waals surface area (Å²) in [5.74, 6) is 2.01. The van der Waals surface area contributed by atoms with Crippen molar-refractivity contribution < 1.29 is 18.7 Å². The third-order valence-electron chi connectivity index (χ3n) is 6.64. The van der Waals surface area contributed by atoms with Crippen LogP contribution in [0.2, 0.25) is 0 Å². The number of hydrogen-bond acceptors (Lipinski definition) is 4. The number of fused-ring (bicyclic) bond motifs is 1. The first kappa shape index (κ1) is 26.5. The minimum Gasteiger partial charge on any atom is -0.486 e. The van der Waals surface area contributed by atoms with E-state index >= 15 is 0 Å². The first-order valence-corrected chi connectivity index (χ1v) is 13.1. The van der Waals surface area contributed by atoms with Gasteiger partial charge >= 0.3 is 0 Å². The van der Waals surface area contributed by atoms with Crippen LogP contribution in [0.4, 0.5) is 0 Å².